The number of hydrogen-bond donors (Lipinski definition) is 1. The number of para-hydroxylation sites is 1. The van der Waals surface area contributed by atoms with Gasteiger partial charge < -0.3 is 14.6 Å². The van der Waals surface area contributed by atoms with Crippen molar-refractivity contribution in [3.8, 4) is 17.2 Å². The number of halogens is 2. The van der Waals surface area contributed by atoms with Crippen molar-refractivity contribution in [3.05, 3.63) is 89.5 Å². The predicted molar refractivity (Wildman–Crippen MR) is 99.6 cm³/mol. The van der Waals surface area contributed by atoms with E-state index in [0.29, 0.717) is 23.5 Å². The van der Waals surface area contributed by atoms with E-state index in [1.807, 2.05) is 18.2 Å². The summed E-state index contributed by atoms with van der Waals surface area (Å²) in [7, 11) is 0. The van der Waals surface area contributed by atoms with Gasteiger partial charge in [-0.25, -0.2) is 8.78 Å². The van der Waals surface area contributed by atoms with Gasteiger partial charge in [-0.1, -0.05) is 30.3 Å². The Balaban J connectivity index is 1.66. The normalized spacial score (nSPS) is 10.5. The lowest BCUT2D eigenvalue weighted by Gasteiger charge is -2.13. The summed E-state index contributed by atoms with van der Waals surface area (Å²) >= 11 is 0. The molecule has 0 amide bonds. The van der Waals surface area contributed by atoms with Crippen molar-refractivity contribution in [2.24, 2.45) is 0 Å². The molecule has 0 heterocycles. The van der Waals surface area contributed by atoms with Crippen LogP contribution in [0.1, 0.15) is 17.5 Å². The summed E-state index contributed by atoms with van der Waals surface area (Å²) in [5, 5.41) is 8.72. The molecule has 0 aliphatic rings. The molecule has 0 fully saturated rings. The van der Waals surface area contributed by atoms with Crippen molar-refractivity contribution in [2.45, 2.75) is 19.4 Å². The lowest BCUT2D eigenvalue weighted by Crippen LogP contribution is -2.00. The minimum Gasteiger partial charge on any atom is -0.489 e. The Kier molecular flexibility index (Phi) is 6.22. The van der Waals surface area contributed by atoms with Gasteiger partial charge in [0, 0.05) is 18.1 Å². The zero-order chi connectivity index (χ0) is 19.9. The van der Waals surface area contributed by atoms with Gasteiger partial charge in [0.25, 0.3) is 0 Å². The second-order valence-corrected chi connectivity index (χ2v) is 6.11. The van der Waals surface area contributed by atoms with E-state index in [1.165, 1.54) is 6.07 Å². The maximum Gasteiger partial charge on any atom is 0.303 e. The van der Waals surface area contributed by atoms with Gasteiger partial charge >= 0.3 is 5.97 Å². The van der Waals surface area contributed by atoms with E-state index in [1.54, 1.807) is 30.3 Å². The first-order valence-corrected chi connectivity index (χ1v) is 8.65. The van der Waals surface area contributed by atoms with E-state index < -0.39 is 17.6 Å². The average molecular weight is 384 g/mol. The molecule has 0 bridgehead atoms. The summed E-state index contributed by atoms with van der Waals surface area (Å²) in [4.78, 5) is 10.6. The average Bonchev–Trinajstić information content (AvgIpc) is 2.68. The third-order valence-corrected chi connectivity index (χ3v) is 4.03. The molecule has 3 aromatic rings. The lowest BCUT2D eigenvalue weighted by atomic mass is 10.1. The molecule has 6 heteroatoms. The van der Waals surface area contributed by atoms with E-state index in [2.05, 4.69) is 0 Å². The Morgan fingerprint density at radius 2 is 1.68 bits per heavy atom. The van der Waals surface area contributed by atoms with Gasteiger partial charge in [-0.3, -0.25) is 4.79 Å². The number of hydrogen-bond acceptors (Lipinski definition) is 3. The van der Waals surface area contributed by atoms with Crippen molar-refractivity contribution in [1.82, 2.24) is 0 Å². The SMILES string of the molecule is O=C(O)CCc1ccc(OCc2ccccc2Oc2ccc(F)cc2F)cc1. The molecule has 144 valence electrons. The van der Waals surface area contributed by atoms with Crippen molar-refractivity contribution >= 4 is 5.97 Å². The fourth-order valence-corrected chi connectivity index (χ4v) is 2.56. The molecule has 4 nitrogen and oxygen atoms in total. The van der Waals surface area contributed by atoms with E-state index >= 15 is 0 Å². The van der Waals surface area contributed by atoms with Crippen LogP contribution in [0.3, 0.4) is 0 Å². The minimum absolute atomic E-state index is 0.0726. The zero-order valence-corrected chi connectivity index (χ0v) is 14.9. The van der Waals surface area contributed by atoms with Crippen LogP contribution >= 0.6 is 0 Å². The highest BCUT2D eigenvalue weighted by molar-refractivity contribution is 5.67. The molecule has 0 saturated carbocycles. The molecule has 0 atom stereocenters. The summed E-state index contributed by atoms with van der Waals surface area (Å²) < 4.78 is 38.2. The smallest absolute Gasteiger partial charge is 0.303 e. The largest absolute Gasteiger partial charge is 0.489 e. The molecular weight excluding hydrogens is 366 g/mol. The van der Waals surface area contributed by atoms with E-state index in [0.717, 1.165) is 17.7 Å². The van der Waals surface area contributed by atoms with Crippen molar-refractivity contribution in [3.63, 3.8) is 0 Å². The Morgan fingerprint density at radius 3 is 2.39 bits per heavy atom. The van der Waals surface area contributed by atoms with Gasteiger partial charge in [-0.2, -0.15) is 0 Å². The number of carboxylic acids is 1. The van der Waals surface area contributed by atoms with Gasteiger partial charge in [-0.15, -0.1) is 0 Å². The first kappa shape index (κ1) is 19.4. The number of aryl methyl sites for hydroxylation is 1. The van der Waals surface area contributed by atoms with E-state index in [4.69, 9.17) is 14.6 Å². The first-order valence-electron chi connectivity index (χ1n) is 8.65. The van der Waals surface area contributed by atoms with Crippen molar-refractivity contribution in [1.29, 1.82) is 0 Å². The molecule has 1 N–H and O–H groups in total. The summed E-state index contributed by atoms with van der Waals surface area (Å²) in [5.41, 5.74) is 1.60. The Labute approximate surface area is 161 Å². The zero-order valence-electron chi connectivity index (χ0n) is 14.9. The molecular formula is C22H18F2O4. The molecule has 0 radical (unpaired) electrons. The molecule has 0 aliphatic heterocycles. The highest BCUT2D eigenvalue weighted by Crippen LogP contribution is 2.28. The van der Waals surface area contributed by atoms with Gasteiger partial charge in [0.1, 0.15) is 23.9 Å². The maximum absolute atomic E-state index is 13.8. The van der Waals surface area contributed by atoms with Gasteiger partial charge in [-0.05, 0) is 42.3 Å². The predicted octanol–water partition coefficient (Wildman–Crippen LogP) is 5.35. The van der Waals surface area contributed by atoms with E-state index in [-0.39, 0.29) is 18.8 Å². The van der Waals surface area contributed by atoms with Gasteiger partial charge in [0.05, 0.1) is 0 Å². The van der Waals surface area contributed by atoms with Crippen LogP contribution in [-0.4, -0.2) is 11.1 Å². The van der Waals surface area contributed by atoms with Gasteiger partial charge in [0.2, 0.25) is 0 Å². The Bertz CT molecular complexity index is 955. The molecule has 0 saturated heterocycles. The summed E-state index contributed by atoms with van der Waals surface area (Å²) in [6, 6.07) is 17.3. The fraction of sp³-hybridized carbons (Fsp3) is 0.136. The van der Waals surface area contributed by atoms with Crippen LogP contribution in [0, 0.1) is 11.6 Å². The third-order valence-electron chi connectivity index (χ3n) is 4.03. The molecule has 0 spiro atoms. The number of carbonyl (C=O) groups is 1. The highest BCUT2D eigenvalue weighted by Gasteiger charge is 2.10. The van der Waals surface area contributed by atoms with Crippen LogP contribution in [0.5, 0.6) is 17.2 Å². The van der Waals surface area contributed by atoms with Crippen molar-refractivity contribution < 1.29 is 28.2 Å². The lowest BCUT2D eigenvalue weighted by molar-refractivity contribution is -0.136. The summed E-state index contributed by atoms with van der Waals surface area (Å²) in [6.07, 6.45) is 0.528. The minimum atomic E-state index is -0.838. The molecule has 28 heavy (non-hydrogen) atoms. The molecule has 3 aromatic carbocycles. The molecule has 0 aromatic heterocycles. The van der Waals surface area contributed by atoms with Gasteiger partial charge in [0.15, 0.2) is 11.6 Å². The topological polar surface area (TPSA) is 55.8 Å². The van der Waals surface area contributed by atoms with Crippen LogP contribution in [0.25, 0.3) is 0 Å². The Morgan fingerprint density at radius 1 is 0.929 bits per heavy atom. The number of rotatable bonds is 8. The molecule has 3 rings (SSSR count). The van der Waals surface area contributed by atoms with Crippen LogP contribution in [0.15, 0.2) is 66.7 Å². The number of aliphatic carboxylic acids is 1. The number of ether oxygens (including phenoxy) is 2. The maximum atomic E-state index is 13.8. The van der Waals surface area contributed by atoms with Crippen LogP contribution < -0.4 is 9.47 Å². The van der Waals surface area contributed by atoms with Crippen LogP contribution in [0.2, 0.25) is 0 Å². The number of carboxylic acid groups (broad SMARTS) is 1. The first-order chi connectivity index (χ1) is 13.5. The molecule has 0 unspecified atom stereocenters. The third kappa shape index (κ3) is 5.30. The fourth-order valence-electron chi connectivity index (χ4n) is 2.56. The second kappa shape index (κ2) is 8.99. The quantitative estimate of drug-likeness (QED) is 0.569. The standard InChI is InChI=1S/C22H18F2O4/c23-17-8-11-21(19(24)13-17)28-20-4-2-1-3-16(20)14-27-18-9-5-15(6-10-18)7-12-22(25)26/h1-6,8-11,13H,7,12,14H2,(H,25,26). The highest BCUT2D eigenvalue weighted by atomic mass is 19.1. The van der Waals surface area contributed by atoms with Crippen LogP contribution in [-0.2, 0) is 17.8 Å². The number of benzene rings is 3. The van der Waals surface area contributed by atoms with Crippen LogP contribution in [0.4, 0.5) is 8.78 Å². The Hall–Kier alpha value is -3.41. The molecule has 0 aliphatic carbocycles. The summed E-state index contributed by atoms with van der Waals surface area (Å²) in [6.45, 7) is 0.188. The van der Waals surface area contributed by atoms with Crippen molar-refractivity contribution in [2.75, 3.05) is 0 Å². The summed E-state index contributed by atoms with van der Waals surface area (Å²) in [5.74, 6) is -1.35. The second-order valence-electron chi connectivity index (χ2n) is 6.11. The monoisotopic (exact) mass is 384 g/mol. The van der Waals surface area contributed by atoms with E-state index in [9.17, 15) is 13.6 Å².